The highest BCUT2D eigenvalue weighted by molar-refractivity contribution is 7.89. The molecule has 33 heavy (non-hydrogen) atoms. The first-order valence-corrected chi connectivity index (χ1v) is 11.9. The van der Waals surface area contributed by atoms with Crippen LogP contribution in [0.1, 0.15) is 11.1 Å². The predicted octanol–water partition coefficient (Wildman–Crippen LogP) is 3.86. The molecule has 0 heterocycles. The SMILES string of the molecule is COc1ccc(CNC(=O)CN(Cc2ccccc2Cl)S(=O)(=O)c2ccccc2)cc1OC. The molecule has 174 valence electrons. The maximum atomic E-state index is 13.3. The zero-order valence-electron chi connectivity index (χ0n) is 18.3. The molecule has 1 N–H and O–H groups in total. The monoisotopic (exact) mass is 488 g/mol. The van der Waals surface area contributed by atoms with E-state index in [9.17, 15) is 13.2 Å². The highest BCUT2D eigenvalue weighted by Crippen LogP contribution is 2.27. The van der Waals surface area contributed by atoms with Crippen LogP contribution < -0.4 is 14.8 Å². The number of amides is 1. The van der Waals surface area contributed by atoms with Gasteiger partial charge in [-0.3, -0.25) is 4.79 Å². The molecule has 0 radical (unpaired) electrons. The number of nitrogens with one attached hydrogen (secondary N) is 1. The lowest BCUT2D eigenvalue weighted by Crippen LogP contribution is -2.40. The van der Waals surface area contributed by atoms with Crippen molar-refractivity contribution in [2.75, 3.05) is 20.8 Å². The molecule has 0 saturated carbocycles. The number of sulfonamides is 1. The Hall–Kier alpha value is -3.07. The Balaban J connectivity index is 1.78. The highest BCUT2D eigenvalue weighted by atomic mass is 35.5. The van der Waals surface area contributed by atoms with Gasteiger partial charge in [0.2, 0.25) is 15.9 Å². The number of nitrogens with zero attached hydrogens (tertiary/aromatic N) is 1. The van der Waals surface area contributed by atoms with Crippen molar-refractivity contribution in [3.05, 3.63) is 88.9 Å². The van der Waals surface area contributed by atoms with E-state index in [0.29, 0.717) is 22.1 Å². The van der Waals surface area contributed by atoms with Gasteiger partial charge in [-0.1, -0.05) is 54.1 Å². The lowest BCUT2D eigenvalue weighted by Gasteiger charge is -2.22. The summed E-state index contributed by atoms with van der Waals surface area (Å²) in [6, 6.07) is 20.2. The van der Waals surface area contributed by atoms with E-state index in [0.717, 1.165) is 9.87 Å². The molecule has 3 rings (SSSR count). The minimum Gasteiger partial charge on any atom is -0.493 e. The van der Waals surface area contributed by atoms with Crippen LogP contribution in [0, 0.1) is 0 Å². The first-order valence-electron chi connectivity index (χ1n) is 10.1. The normalized spacial score (nSPS) is 11.3. The summed E-state index contributed by atoms with van der Waals surface area (Å²) in [7, 11) is -0.866. The average Bonchev–Trinajstić information content (AvgIpc) is 2.83. The molecule has 0 spiro atoms. The Morgan fingerprint density at radius 1 is 0.939 bits per heavy atom. The molecule has 0 fully saturated rings. The van der Waals surface area contributed by atoms with Crippen molar-refractivity contribution in [2.45, 2.75) is 18.0 Å². The number of hydrogen-bond acceptors (Lipinski definition) is 5. The second kappa shape index (κ2) is 11.2. The van der Waals surface area contributed by atoms with E-state index in [4.69, 9.17) is 21.1 Å². The van der Waals surface area contributed by atoms with Crippen LogP contribution in [0.5, 0.6) is 11.5 Å². The Labute approximate surface area is 198 Å². The fourth-order valence-corrected chi connectivity index (χ4v) is 4.78. The van der Waals surface area contributed by atoms with E-state index < -0.39 is 15.9 Å². The standard InChI is InChI=1S/C24H25ClN2O5S/c1-31-22-13-12-18(14-23(22)32-2)15-26-24(28)17-27(16-19-8-6-7-11-21(19)25)33(29,30)20-9-4-3-5-10-20/h3-14H,15-17H2,1-2H3,(H,26,28). The summed E-state index contributed by atoms with van der Waals surface area (Å²) in [6.07, 6.45) is 0. The van der Waals surface area contributed by atoms with Gasteiger partial charge in [0, 0.05) is 18.1 Å². The molecular formula is C24H25ClN2O5S. The smallest absolute Gasteiger partial charge is 0.243 e. The molecule has 0 aliphatic carbocycles. The van der Waals surface area contributed by atoms with Crippen molar-refractivity contribution in [1.29, 1.82) is 0 Å². The summed E-state index contributed by atoms with van der Waals surface area (Å²) in [6.45, 7) is -0.207. The number of hydrogen-bond donors (Lipinski definition) is 1. The minimum absolute atomic E-state index is 0.0410. The van der Waals surface area contributed by atoms with Crippen molar-refractivity contribution in [3.8, 4) is 11.5 Å². The van der Waals surface area contributed by atoms with Gasteiger partial charge in [0.25, 0.3) is 0 Å². The molecule has 0 saturated heterocycles. The fraction of sp³-hybridized carbons (Fsp3) is 0.208. The number of halogens is 1. The maximum Gasteiger partial charge on any atom is 0.243 e. The number of rotatable bonds is 10. The summed E-state index contributed by atoms with van der Waals surface area (Å²) in [5.74, 6) is 0.667. The van der Waals surface area contributed by atoms with Gasteiger partial charge in [0.1, 0.15) is 0 Å². The van der Waals surface area contributed by atoms with Crippen LogP contribution in [0.25, 0.3) is 0 Å². The molecule has 3 aromatic carbocycles. The molecule has 7 nitrogen and oxygen atoms in total. The zero-order valence-corrected chi connectivity index (χ0v) is 19.9. The van der Waals surface area contributed by atoms with Gasteiger partial charge in [-0.2, -0.15) is 4.31 Å². The van der Waals surface area contributed by atoms with Gasteiger partial charge in [-0.25, -0.2) is 8.42 Å². The summed E-state index contributed by atoms with van der Waals surface area (Å²) < 4.78 is 38.2. The van der Waals surface area contributed by atoms with E-state index in [-0.39, 0.29) is 24.5 Å². The van der Waals surface area contributed by atoms with Crippen LogP contribution in [0.2, 0.25) is 5.02 Å². The van der Waals surface area contributed by atoms with E-state index >= 15 is 0 Å². The summed E-state index contributed by atoms with van der Waals surface area (Å²) >= 11 is 6.25. The number of carbonyl (C=O) groups is 1. The number of ether oxygens (including phenoxy) is 2. The molecule has 3 aromatic rings. The number of carbonyl (C=O) groups excluding carboxylic acids is 1. The Bertz CT molecular complexity index is 1200. The van der Waals surface area contributed by atoms with Crippen LogP contribution in [-0.2, 0) is 27.9 Å². The number of methoxy groups -OCH3 is 2. The first-order chi connectivity index (χ1) is 15.8. The predicted molar refractivity (Wildman–Crippen MR) is 127 cm³/mol. The Morgan fingerprint density at radius 2 is 1.61 bits per heavy atom. The van der Waals surface area contributed by atoms with Crippen LogP contribution in [0.15, 0.2) is 77.7 Å². The molecule has 0 atom stereocenters. The van der Waals surface area contributed by atoms with Gasteiger partial charge in [-0.05, 0) is 41.5 Å². The maximum absolute atomic E-state index is 13.3. The number of benzene rings is 3. The lowest BCUT2D eigenvalue weighted by atomic mass is 10.2. The van der Waals surface area contributed by atoms with Gasteiger partial charge < -0.3 is 14.8 Å². The summed E-state index contributed by atoms with van der Waals surface area (Å²) in [5.41, 5.74) is 1.39. The molecular weight excluding hydrogens is 464 g/mol. The molecule has 0 unspecified atom stereocenters. The molecule has 0 aromatic heterocycles. The van der Waals surface area contributed by atoms with Crippen molar-refractivity contribution in [1.82, 2.24) is 9.62 Å². The highest BCUT2D eigenvalue weighted by Gasteiger charge is 2.27. The Kier molecular flexibility index (Phi) is 8.32. The minimum atomic E-state index is -3.94. The van der Waals surface area contributed by atoms with Crippen LogP contribution in [0.3, 0.4) is 0 Å². The van der Waals surface area contributed by atoms with E-state index in [1.165, 1.54) is 19.2 Å². The largest absolute Gasteiger partial charge is 0.493 e. The molecule has 0 bridgehead atoms. The van der Waals surface area contributed by atoms with Crippen LogP contribution in [-0.4, -0.2) is 39.4 Å². The summed E-state index contributed by atoms with van der Waals surface area (Å²) in [5, 5.41) is 3.20. The van der Waals surface area contributed by atoms with Gasteiger partial charge in [0.15, 0.2) is 11.5 Å². The van der Waals surface area contributed by atoms with Gasteiger partial charge in [-0.15, -0.1) is 0 Å². The Morgan fingerprint density at radius 3 is 2.27 bits per heavy atom. The molecule has 1 amide bonds. The molecule has 0 aliphatic heterocycles. The second-order valence-corrected chi connectivity index (χ2v) is 9.49. The molecule has 0 aliphatic rings. The first kappa shape index (κ1) is 24.6. The second-order valence-electron chi connectivity index (χ2n) is 7.14. The quantitative estimate of drug-likeness (QED) is 0.468. The third kappa shape index (κ3) is 6.25. The lowest BCUT2D eigenvalue weighted by molar-refractivity contribution is -0.121. The topological polar surface area (TPSA) is 84.9 Å². The summed E-state index contributed by atoms with van der Waals surface area (Å²) in [4.78, 5) is 12.9. The van der Waals surface area contributed by atoms with E-state index in [2.05, 4.69) is 5.32 Å². The fourth-order valence-electron chi connectivity index (χ4n) is 3.19. The van der Waals surface area contributed by atoms with E-state index in [1.807, 2.05) is 0 Å². The van der Waals surface area contributed by atoms with Crippen LogP contribution >= 0.6 is 11.6 Å². The van der Waals surface area contributed by atoms with Crippen molar-refractivity contribution in [3.63, 3.8) is 0 Å². The average molecular weight is 489 g/mol. The van der Waals surface area contributed by atoms with E-state index in [1.54, 1.807) is 67.8 Å². The zero-order chi connectivity index (χ0) is 23.8. The van der Waals surface area contributed by atoms with Crippen molar-refractivity contribution >= 4 is 27.5 Å². The van der Waals surface area contributed by atoms with Crippen molar-refractivity contribution in [2.24, 2.45) is 0 Å². The molecule has 9 heteroatoms. The third-order valence-corrected chi connectivity index (χ3v) is 7.12. The van der Waals surface area contributed by atoms with Gasteiger partial charge >= 0.3 is 0 Å². The van der Waals surface area contributed by atoms with Gasteiger partial charge in [0.05, 0.1) is 25.7 Å². The van der Waals surface area contributed by atoms with Crippen molar-refractivity contribution < 1.29 is 22.7 Å². The third-order valence-electron chi connectivity index (χ3n) is 4.94. The van der Waals surface area contributed by atoms with Crippen LogP contribution in [0.4, 0.5) is 0 Å².